The highest BCUT2D eigenvalue weighted by molar-refractivity contribution is 5.92. The quantitative estimate of drug-likeness (QED) is 0.284. The van der Waals surface area contributed by atoms with Crippen LogP contribution in [-0.4, -0.2) is 18.5 Å². The maximum absolute atomic E-state index is 11.2. The fourth-order valence-electron chi connectivity index (χ4n) is 0.976. The predicted octanol–water partition coefficient (Wildman–Crippen LogP) is 0.809. The van der Waals surface area contributed by atoms with Gasteiger partial charge >= 0.3 is 5.97 Å². The van der Waals surface area contributed by atoms with Crippen LogP contribution in [0.3, 0.4) is 0 Å². The van der Waals surface area contributed by atoms with Crippen LogP contribution in [0.4, 0.5) is 0 Å². The number of hydrogen-bond acceptors (Lipinski definition) is 4. The molecule has 0 bridgehead atoms. The Morgan fingerprint density at radius 3 is 2.53 bits per heavy atom. The number of carboxylic acid groups (broad SMARTS) is 1. The van der Waals surface area contributed by atoms with E-state index in [4.69, 9.17) is 4.74 Å². The van der Waals surface area contributed by atoms with Crippen molar-refractivity contribution in [2.75, 3.05) is 6.61 Å². The zero-order valence-electron chi connectivity index (χ0n) is 10.1. The lowest BCUT2D eigenvalue weighted by atomic mass is 10.2. The van der Waals surface area contributed by atoms with Crippen LogP contribution < -0.4 is 5.11 Å². The van der Waals surface area contributed by atoms with Crippen LogP contribution in [0.5, 0.6) is 0 Å². The highest BCUT2D eigenvalue weighted by Crippen LogP contribution is 2.01. The van der Waals surface area contributed by atoms with Gasteiger partial charge in [-0.3, -0.25) is 0 Å². The van der Waals surface area contributed by atoms with Gasteiger partial charge in [-0.1, -0.05) is 13.5 Å². The highest BCUT2D eigenvalue weighted by atomic mass is 16.5. The van der Waals surface area contributed by atoms with Gasteiger partial charge in [-0.2, -0.15) is 0 Å². The van der Waals surface area contributed by atoms with Crippen molar-refractivity contribution >= 4 is 11.9 Å². The number of ether oxygens (including phenoxy) is 1. The van der Waals surface area contributed by atoms with E-state index in [1.165, 1.54) is 0 Å². The Kier molecular flexibility index (Phi) is 8.48. The lowest BCUT2D eigenvalue weighted by molar-refractivity contribution is -0.304. The van der Waals surface area contributed by atoms with Gasteiger partial charge in [-0.15, -0.1) is 11.8 Å². The number of hydrogen-bond donors (Lipinski definition) is 0. The Balaban J connectivity index is 3.62. The number of carbonyl (C=O) groups is 2. The topological polar surface area (TPSA) is 66.4 Å². The van der Waals surface area contributed by atoms with Gasteiger partial charge in [0, 0.05) is 30.8 Å². The standard InChI is InChI=1S/C13H18O4/c1-3-4-5-6-7-8-9-17-13(16)11(2)10-12(14)15/h2-4,7-10H2,1H3,(H,14,15)/p-1. The van der Waals surface area contributed by atoms with Crippen molar-refractivity contribution in [1.82, 2.24) is 0 Å². The van der Waals surface area contributed by atoms with Crippen molar-refractivity contribution < 1.29 is 19.4 Å². The molecule has 4 nitrogen and oxygen atoms in total. The molecule has 0 atom stereocenters. The van der Waals surface area contributed by atoms with Gasteiger partial charge in [-0.05, 0) is 12.8 Å². The first-order chi connectivity index (χ1) is 8.07. The minimum Gasteiger partial charge on any atom is -0.550 e. The van der Waals surface area contributed by atoms with Crippen molar-refractivity contribution in [1.29, 1.82) is 0 Å². The van der Waals surface area contributed by atoms with E-state index in [9.17, 15) is 14.7 Å². The van der Waals surface area contributed by atoms with E-state index in [1.807, 2.05) is 0 Å². The van der Waals surface area contributed by atoms with E-state index < -0.39 is 18.4 Å². The third-order valence-corrected chi connectivity index (χ3v) is 1.83. The molecule has 0 aliphatic heterocycles. The summed E-state index contributed by atoms with van der Waals surface area (Å²) < 4.78 is 4.81. The molecule has 0 saturated carbocycles. The average molecular weight is 237 g/mol. The SMILES string of the molecule is C=C(CC(=O)[O-])C(=O)OCCCC#CCCC. The largest absolute Gasteiger partial charge is 0.550 e. The number of carboxylic acids is 1. The first-order valence-electron chi connectivity index (χ1n) is 5.58. The van der Waals surface area contributed by atoms with Crippen LogP contribution in [0.15, 0.2) is 12.2 Å². The van der Waals surface area contributed by atoms with Crippen LogP contribution in [0.1, 0.15) is 39.0 Å². The van der Waals surface area contributed by atoms with Gasteiger partial charge in [0.25, 0.3) is 0 Å². The molecule has 0 aromatic rings. The van der Waals surface area contributed by atoms with Crippen LogP contribution in [0.2, 0.25) is 0 Å². The molecular formula is C13H17O4-. The van der Waals surface area contributed by atoms with Gasteiger partial charge in [0.1, 0.15) is 0 Å². The lowest BCUT2D eigenvalue weighted by Crippen LogP contribution is -2.24. The molecule has 0 aliphatic rings. The van der Waals surface area contributed by atoms with E-state index in [1.54, 1.807) is 0 Å². The second-order valence-corrected chi connectivity index (χ2v) is 3.50. The van der Waals surface area contributed by atoms with E-state index in [2.05, 4.69) is 25.3 Å². The normalized spacial score (nSPS) is 9.00. The summed E-state index contributed by atoms with van der Waals surface area (Å²) in [5.41, 5.74) is -0.0953. The molecule has 0 amide bonds. The summed E-state index contributed by atoms with van der Waals surface area (Å²) in [5.74, 6) is 3.91. The number of carbonyl (C=O) groups excluding carboxylic acids is 2. The van der Waals surface area contributed by atoms with Crippen molar-refractivity contribution in [3.05, 3.63) is 12.2 Å². The third-order valence-electron chi connectivity index (χ3n) is 1.83. The molecular weight excluding hydrogens is 220 g/mol. The summed E-state index contributed by atoms with van der Waals surface area (Å²) in [6, 6.07) is 0. The second kappa shape index (κ2) is 9.46. The van der Waals surface area contributed by atoms with E-state index in [-0.39, 0.29) is 12.2 Å². The summed E-state index contributed by atoms with van der Waals surface area (Å²) in [4.78, 5) is 21.4. The molecule has 0 rings (SSSR count). The van der Waals surface area contributed by atoms with Gasteiger partial charge < -0.3 is 14.6 Å². The molecule has 0 unspecified atom stereocenters. The van der Waals surface area contributed by atoms with Gasteiger partial charge in [0.2, 0.25) is 0 Å². The number of aliphatic carboxylic acids is 1. The maximum Gasteiger partial charge on any atom is 0.333 e. The Hall–Kier alpha value is -1.76. The molecule has 0 aliphatic carbocycles. The minimum atomic E-state index is -1.34. The van der Waals surface area contributed by atoms with Gasteiger partial charge in [0.15, 0.2) is 0 Å². The van der Waals surface area contributed by atoms with Crippen molar-refractivity contribution in [2.24, 2.45) is 0 Å². The second-order valence-electron chi connectivity index (χ2n) is 3.50. The maximum atomic E-state index is 11.2. The summed E-state index contributed by atoms with van der Waals surface area (Å²) in [6.07, 6.45) is 2.73. The molecule has 17 heavy (non-hydrogen) atoms. The first-order valence-corrected chi connectivity index (χ1v) is 5.58. The summed E-state index contributed by atoms with van der Waals surface area (Å²) in [6.45, 7) is 5.59. The van der Waals surface area contributed by atoms with Crippen molar-refractivity contribution in [3.8, 4) is 11.8 Å². The number of rotatable bonds is 7. The van der Waals surface area contributed by atoms with E-state index in [0.29, 0.717) is 12.8 Å². The zero-order chi connectivity index (χ0) is 13.1. The van der Waals surface area contributed by atoms with Gasteiger partial charge in [0.05, 0.1) is 6.61 Å². The minimum absolute atomic E-state index is 0.0953. The third kappa shape index (κ3) is 9.19. The summed E-state index contributed by atoms with van der Waals surface area (Å²) >= 11 is 0. The molecule has 0 N–H and O–H groups in total. The predicted molar refractivity (Wildman–Crippen MR) is 61.6 cm³/mol. The van der Waals surface area contributed by atoms with Gasteiger partial charge in [-0.25, -0.2) is 4.79 Å². The molecule has 0 heterocycles. The summed E-state index contributed by atoms with van der Waals surface area (Å²) in [7, 11) is 0. The van der Waals surface area contributed by atoms with Crippen LogP contribution in [0, 0.1) is 11.8 Å². The Morgan fingerprint density at radius 2 is 1.94 bits per heavy atom. The highest BCUT2D eigenvalue weighted by Gasteiger charge is 2.07. The Morgan fingerprint density at radius 1 is 1.29 bits per heavy atom. The molecule has 0 fully saturated rings. The molecule has 0 radical (unpaired) electrons. The van der Waals surface area contributed by atoms with E-state index in [0.717, 1.165) is 12.8 Å². The fraction of sp³-hybridized carbons (Fsp3) is 0.538. The smallest absolute Gasteiger partial charge is 0.333 e. The molecule has 0 spiro atoms. The van der Waals surface area contributed by atoms with Crippen LogP contribution >= 0.6 is 0 Å². The lowest BCUT2D eigenvalue weighted by Gasteiger charge is -2.06. The average Bonchev–Trinajstić information content (AvgIpc) is 2.26. The van der Waals surface area contributed by atoms with Crippen molar-refractivity contribution in [2.45, 2.75) is 39.0 Å². The Bertz CT molecular complexity index is 333. The monoisotopic (exact) mass is 237 g/mol. The molecule has 4 heteroatoms. The molecule has 0 aromatic carbocycles. The molecule has 0 aromatic heterocycles. The Labute approximate surface area is 102 Å². The number of unbranched alkanes of at least 4 members (excludes halogenated alkanes) is 2. The summed E-state index contributed by atoms with van der Waals surface area (Å²) in [5, 5.41) is 10.2. The van der Waals surface area contributed by atoms with Crippen LogP contribution in [-0.2, 0) is 14.3 Å². The fourth-order valence-corrected chi connectivity index (χ4v) is 0.976. The van der Waals surface area contributed by atoms with Crippen molar-refractivity contribution in [3.63, 3.8) is 0 Å². The zero-order valence-corrected chi connectivity index (χ0v) is 10.1. The molecule has 94 valence electrons. The molecule has 0 saturated heterocycles. The van der Waals surface area contributed by atoms with Crippen LogP contribution in [0.25, 0.3) is 0 Å². The van der Waals surface area contributed by atoms with E-state index >= 15 is 0 Å². The number of esters is 1. The first kappa shape index (κ1) is 15.2.